The molecule has 9 nitrogen and oxygen atoms in total. The van der Waals surface area contributed by atoms with Crippen molar-refractivity contribution in [2.45, 2.75) is 32.5 Å². The van der Waals surface area contributed by atoms with Gasteiger partial charge in [-0.3, -0.25) is 14.4 Å². The van der Waals surface area contributed by atoms with Crippen LogP contribution in [0.15, 0.2) is 16.7 Å². The summed E-state index contributed by atoms with van der Waals surface area (Å²) in [5.74, 6) is -1.59. The largest absolute Gasteiger partial charge is 0.481 e. The summed E-state index contributed by atoms with van der Waals surface area (Å²) in [6.07, 6.45) is 1.61. The number of fused-ring (bicyclic) bond motifs is 1. The van der Waals surface area contributed by atoms with E-state index in [-0.39, 0.29) is 12.1 Å². The summed E-state index contributed by atoms with van der Waals surface area (Å²) in [6, 6.07) is 1.91. The Labute approximate surface area is 131 Å². The first kappa shape index (κ1) is 15.2. The van der Waals surface area contributed by atoms with Gasteiger partial charge in [-0.15, -0.1) is 0 Å². The zero-order valence-corrected chi connectivity index (χ0v) is 12.3. The Morgan fingerprint density at radius 3 is 2.83 bits per heavy atom. The molecule has 122 valence electrons. The number of aromatic carboxylic acids is 1. The van der Waals surface area contributed by atoms with Crippen molar-refractivity contribution in [3.63, 3.8) is 0 Å². The van der Waals surface area contributed by atoms with E-state index in [1.165, 1.54) is 0 Å². The van der Waals surface area contributed by atoms with Gasteiger partial charge in [0.2, 0.25) is 5.89 Å². The summed E-state index contributed by atoms with van der Waals surface area (Å²) >= 11 is 0. The normalized spacial score (nSPS) is 14.6. The lowest BCUT2D eigenvalue weighted by Crippen LogP contribution is -2.33. The highest BCUT2D eigenvalue weighted by Gasteiger charge is 2.21. The average Bonchev–Trinajstić information content (AvgIpc) is 3.11. The topological polar surface area (TPSA) is 122 Å². The van der Waals surface area contributed by atoms with Gasteiger partial charge in [-0.2, -0.15) is 5.10 Å². The molecule has 1 aliphatic heterocycles. The molecule has 1 aliphatic rings. The lowest BCUT2D eigenvalue weighted by atomic mass is 10.2. The van der Waals surface area contributed by atoms with E-state index in [9.17, 15) is 9.59 Å². The van der Waals surface area contributed by atoms with E-state index in [0.29, 0.717) is 31.9 Å². The highest BCUT2D eigenvalue weighted by molar-refractivity contribution is 5.84. The van der Waals surface area contributed by atoms with E-state index in [2.05, 4.69) is 15.0 Å². The molecule has 0 spiro atoms. The molecule has 0 fully saturated rings. The van der Waals surface area contributed by atoms with E-state index in [1.54, 1.807) is 0 Å². The molecule has 0 bridgehead atoms. The highest BCUT2D eigenvalue weighted by atomic mass is 16.4. The number of rotatable bonds is 6. The SMILES string of the molecule is O=C(O)CCc1cc2n(n1)CCN(Cc1nc(C(=O)O)co1)C2. The van der Waals surface area contributed by atoms with Gasteiger partial charge in [0.25, 0.3) is 0 Å². The summed E-state index contributed by atoms with van der Waals surface area (Å²) < 4.78 is 7.05. The van der Waals surface area contributed by atoms with Crippen LogP contribution in [0.25, 0.3) is 0 Å². The standard InChI is InChI=1S/C14H16N4O5/c19-13(20)2-1-9-5-10-6-17(3-4-18(10)16-9)7-12-15-11(8-23-12)14(21)22/h5,8H,1-4,6-7H2,(H,19,20)(H,21,22). The summed E-state index contributed by atoms with van der Waals surface area (Å²) in [6.45, 7) is 2.47. The van der Waals surface area contributed by atoms with Gasteiger partial charge in [0.1, 0.15) is 6.26 Å². The number of hydrogen-bond donors (Lipinski definition) is 2. The van der Waals surface area contributed by atoms with Crippen LogP contribution in [-0.4, -0.2) is 48.4 Å². The Hall–Kier alpha value is -2.68. The maximum atomic E-state index is 10.8. The third-order valence-corrected chi connectivity index (χ3v) is 3.65. The van der Waals surface area contributed by atoms with Gasteiger partial charge in [-0.25, -0.2) is 9.78 Å². The van der Waals surface area contributed by atoms with Crippen LogP contribution >= 0.6 is 0 Å². The molecule has 3 rings (SSSR count). The van der Waals surface area contributed by atoms with E-state index >= 15 is 0 Å². The number of aryl methyl sites for hydroxylation is 1. The van der Waals surface area contributed by atoms with Crippen molar-refractivity contribution in [2.75, 3.05) is 6.54 Å². The zero-order chi connectivity index (χ0) is 16.4. The molecule has 0 radical (unpaired) electrons. The van der Waals surface area contributed by atoms with Crippen molar-refractivity contribution < 1.29 is 24.2 Å². The second-order valence-corrected chi connectivity index (χ2v) is 5.39. The van der Waals surface area contributed by atoms with Crippen molar-refractivity contribution in [3.8, 4) is 0 Å². The number of carboxylic acids is 2. The number of nitrogens with zero attached hydrogens (tertiary/aromatic N) is 4. The first-order chi connectivity index (χ1) is 11.0. The predicted octanol–water partition coefficient (Wildman–Crippen LogP) is 0.602. The Kier molecular flexibility index (Phi) is 4.11. The van der Waals surface area contributed by atoms with Gasteiger partial charge < -0.3 is 14.6 Å². The second kappa shape index (κ2) is 6.21. The van der Waals surface area contributed by atoms with Gasteiger partial charge in [-0.05, 0) is 6.07 Å². The fraction of sp³-hybridized carbons (Fsp3) is 0.429. The maximum Gasteiger partial charge on any atom is 0.357 e. The number of carboxylic acid groups (broad SMARTS) is 2. The lowest BCUT2D eigenvalue weighted by Gasteiger charge is -2.26. The molecule has 23 heavy (non-hydrogen) atoms. The number of aromatic nitrogens is 3. The quantitative estimate of drug-likeness (QED) is 0.793. The number of oxazole rings is 1. The highest BCUT2D eigenvalue weighted by Crippen LogP contribution is 2.17. The van der Waals surface area contributed by atoms with E-state index in [4.69, 9.17) is 14.6 Å². The van der Waals surface area contributed by atoms with Crippen molar-refractivity contribution in [1.29, 1.82) is 0 Å². The molecular formula is C14H16N4O5. The summed E-state index contributed by atoms with van der Waals surface area (Å²) in [5.41, 5.74) is 1.67. The summed E-state index contributed by atoms with van der Waals surface area (Å²) in [5, 5.41) is 22.0. The molecule has 2 N–H and O–H groups in total. The molecule has 2 aromatic rings. The van der Waals surface area contributed by atoms with Crippen LogP contribution in [0.5, 0.6) is 0 Å². The Morgan fingerprint density at radius 2 is 2.13 bits per heavy atom. The smallest absolute Gasteiger partial charge is 0.357 e. The monoisotopic (exact) mass is 320 g/mol. The van der Waals surface area contributed by atoms with Crippen LogP contribution in [0.2, 0.25) is 0 Å². The van der Waals surface area contributed by atoms with Crippen molar-refractivity contribution in [2.24, 2.45) is 0 Å². The van der Waals surface area contributed by atoms with Crippen molar-refractivity contribution in [1.82, 2.24) is 19.7 Å². The molecule has 0 aromatic carbocycles. The minimum atomic E-state index is -1.11. The fourth-order valence-corrected chi connectivity index (χ4v) is 2.55. The number of hydrogen-bond acceptors (Lipinski definition) is 6. The molecule has 0 unspecified atom stereocenters. The third-order valence-electron chi connectivity index (χ3n) is 3.65. The van der Waals surface area contributed by atoms with E-state index in [0.717, 1.165) is 24.2 Å². The second-order valence-electron chi connectivity index (χ2n) is 5.39. The van der Waals surface area contributed by atoms with E-state index in [1.807, 2.05) is 10.7 Å². The molecule has 0 amide bonds. The van der Waals surface area contributed by atoms with Crippen molar-refractivity contribution >= 4 is 11.9 Å². The fourth-order valence-electron chi connectivity index (χ4n) is 2.55. The van der Waals surface area contributed by atoms with Crippen LogP contribution in [0.4, 0.5) is 0 Å². The lowest BCUT2D eigenvalue weighted by molar-refractivity contribution is -0.136. The van der Waals surface area contributed by atoms with Gasteiger partial charge in [0.15, 0.2) is 5.69 Å². The van der Waals surface area contributed by atoms with Crippen LogP contribution < -0.4 is 0 Å². The predicted molar refractivity (Wildman–Crippen MR) is 75.8 cm³/mol. The summed E-state index contributed by atoms with van der Waals surface area (Å²) in [4.78, 5) is 27.4. The Bertz CT molecular complexity index is 735. The Morgan fingerprint density at radius 1 is 1.30 bits per heavy atom. The summed E-state index contributed by atoms with van der Waals surface area (Å²) in [7, 11) is 0. The molecule has 0 atom stereocenters. The van der Waals surface area contributed by atoms with Gasteiger partial charge in [-0.1, -0.05) is 0 Å². The maximum absolute atomic E-state index is 10.8. The molecule has 0 saturated carbocycles. The third kappa shape index (κ3) is 3.57. The average molecular weight is 320 g/mol. The first-order valence-electron chi connectivity index (χ1n) is 7.18. The molecule has 9 heteroatoms. The van der Waals surface area contributed by atoms with Crippen LogP contribution in [0.3, 0.4) is 0 Å². The molecule has 2 aromatic heterocycles. The van der Waals surface area contributed by atoms with Crippen LogP contribution in [0, 0.1) is 0 Å². The van der Waals surface area contributed by atoms with Crippen LogP contribution in [-0.2, 0) is 30.8 Å². The van der Waals surface area contributed by atoms with Gasteiger partial charge >= 0.3 is 11.9 Å². The van der Waals surface area contributed by atoms with Gasteiger partial charge in [0, 0.05) is 19.5 Å². The molecule has 0 aliphatic carbocycles. The molecule has 0 saturated heterocycles. The minimum Gasteiger partial charge on any atom is -0.481 e. The minimum absolute atomic E-state index is 0.0639. The zero-order valence-electron chi connectivity index (χ0n) is 12.3. The Balaban J connectivity index is 1.62. The number of carbonyl (C=O) groups is 2. The van der Waals surface area contributed by atoms with Gasteiger partial charge in [0.05, 0.1) is 30.9 Å². The van der Waals surface area contributed by atoms with E-state index < -0.39 is 11.9 Å². The van der Waals surface area contributed by atoms with Crippen molar-refractivity contribution in [3.05, 3.63) is 35.3 Å². The number of aliphatic carboxylic acids is 1. The van der Waals surface area contributed by atoms with Crippen LogP contribution in [0.1, 0.15) is 34.2 Å². The molecule has 3 heterocycles. The molecular weight excluding hydrogens is 304 g/mol. The first-order valence-corrected chi connectivity index (χ1v) is 7.18.